The standard InChI is InChI=1S/C23H24N6O2/c1-23(2,3)20(30)17-13-27-21-19(17)28-16(12-26-21)9-14-7-8-15(25-11-14)10-18(24-4)22(31)29(5)6/h7-8,10-13H,9H2,1-3,5-6H3,(H,26,27). The van der Waals surface area contributed by atoms with Crippen molar-refractivity contribution >= 4 is 28.9 Å². The zero-order chi connectivity index (χ0) is 22.8. The molecule has 0 aromatic carbocycles. The van der Waals surface area contributed by atoms with Crippen molar-refractivity contribution in [2.45, 2.75) is 27.2 Å². The van der Waals surface area contributed by atoms with E-state index in [-0.39, 0.29) is 17.4 Å². The molecule has 0 atom stereocenters. The zero-order valence-electron chi connectivity index (χ0n) is 18.2. The molecular weight excluding hydrogens is 392 g/mol. The van der Waals surface area contributed by atoms with E-state index in [1.54, 1.807) is 38.8 Å². The van der Waals surface area contributed by atoms with Gasteiger partial charge in [0.25, 0.3) is 11.6 Å². The number of aromatic nitrogens is 4. The molecule has 0 unspecified atom stereocenters. The minimum Gasteiger partial charge on any atom is -0.354 e. The lowest BCUT2D eigenvalue weighted by molar-refractivity contribution is -0.124. The molecule has 0 aliphatic heterocycles. The number of carbonyl (C=O) groups is 2. The van der Waals surface area contributed by atoms with Crippen LogP contribution in [0.2, 0.25) is 0 Å². The average molecular weight is 416 g/mol. The van der Waals surface area contributed by atoms with Crippen molar-refractivity contribution in [2.24, 2.45) is 5.41 Å². The smallest absolute Gasteiger partial charge is 0.252 e. The summed E-state index contributed by atoms with van der Waals surface area (Å²) in [6, 6.07) is 3.62. The van der Waals surface area contributed by atoms with Crippen LogP contribution in [0, 0.1) is 12.0 Å². The number of nitrogens with zero attached hydrogens (tertiary/aromatic N) is 5. The summed E-state index contributed by atoms with van der Waals surface area (Å²) in [6.45, 7) is 12.8. The Balaban J connectivity index is 1.84. The fourth-order valence-electron chi connectivity index (χ4n) is 2.94. The summed E-state index contributed by atoms with van der Waals surface area (Å²) in [5.74, 6) is -0.359. The van der Waals surface area contributed by atoms with Crippen LogP contribution >= 0.6 is 0 Å². The van der Waals surface area contributed by atoms with Crippen molar-refractivity contribution in [3.63, 3.8) is 0 Å². The fourth-order valence-corrected chi connectivity index (χ4v) is 2.94. The molecule has 8 heteroatoms. The zero-order valence-corrected chi connectivity index (χ0v) is 18.2. The molecule has 1 N–H and O–H groups in total. The lowest BCUT2D eigenvalue weighted by atomic mass is 9.87. The van der Waals surface area contributed by atoms with Crippen LogP contribution in [-0.2, 0) is 11.2 Å². The van der Waals surface area contributed by atoms with Crippen LogP contribution in [0.1, 0.15) is 48.1 Å². The van der Waals surface area contributed by atoms with Gasteiger partial charge in [0.15, 0.2) is 11.4 Å². The van der Waals surface area contributed by atoms with E-state index in [9.17, 15) is 9.59 Å². The molecule has 8 nitrogen and oxygen atoms in total. The second kappa shape index (κ2) is 8.48. The molecule has 158 valence electrons. The molecule has 3 rings (SSSR count). The SMILES string of the molecule is [C-]#[N+]C(=Cc1ccc(Cc2cnc3[nH]cc(C(=O)C(C)(C)C)c3n2)cn1)C(=O)N(C)C. The van der Waals surface area contributed by atoms with Crippen LogP contribution < -0.4 is 0 Å². The Morgan fingerprint density at radius 1 is 1.19 bits per heavy atom. The summed E-state index contributed by atoms with van der Waals surface area (Å²) in [6.07, 6.45) is 6.97. The van der Waals surface area contributed by atoms with Gasteiger partial charge < -0.3 is 9.88 Å². The molecule has 31 heavy (non-hydrogen) atoms. The number of hydrogen-bond donors (Lipinski definition) is 1. The molecule has 1 amide bonds. The van der Waals surface area contributed by atoms with Crippen LogP contribution in [0.5, 0.6) is 0 Å². The third-order valence-corrected chi connectivity index (χ3v) is 4.62. The Kier molecular flexibility index (Phi) is 5.97. The number of hydrogen-bond acceptors (Lipinski definition) is 5. The van der Waals surface area contributed by atoms with Gasteiger partial charge >= 0.3 is 0 Å². The first-order chi connectivity index (χ1) is 14.6. The predicted molar refractivity (Wildman–Crippen MR) is 118 cm³/mol. The highest BCUT2D eigenvalue weighted by Gasteiger charge is 2.26. The van der Waals surface area contributed by atoms with Crippen molar-refractivity contribution in [3.8, 4) is 0 Å². The van der Waals surface area contributed by atoms with Gasteiger partial charge in [0, 0.05) is 38.3 Å². The van der Waals surface area contributed by atoms with E-state index in [4.69, 9.17) is 6.57 Å². The van der Waals surface area contributed by atoms with E-state index in [0.29, 0.717) is 34.5 Å². The van der Waals surface area contributed by atoms with Crippen LogP contribution in [0.4, 0.5) is 0 Å². The van der Waals surface area contributed by atoms with E-state index in [2.05, 4.69) is 24.8 Å². The predicted octanol–water partition coefficient (Wildman–Crippen LogP) is 3.52. The topological polar surface area (TPSA) is 96.2 Å². The number of ketones is 1. The maximum Gasteiger partial charge on any atom is 0.252 e. The van der Waals surface area contributed by atoms with E-state index >= 15 is 0 Å². The summed E-state index contributed by atoms with van der Waals surface area (Å²) >= 11 is 0. The van der Waals surface area contributed by atoms with E-state index in [0.717, 1.165) is 5.56 Å². The highest BCUT2D eigenvalue weighted by Crippen LogP contribution is 2.25. The minimum absolute atomic E-state index is 0.00470. The summed E-state index contributed by atoms with van der Waals surface area (Å²) < 4.78 is 0. The van der Waals surface area contributed by atoms with Crippen molar-refractivity contribution in [3.05, 3.63) is 70.4 Å². The highest BCUT2D eigenvalue weighted by molar-refractivity contribution is 6.08. The number of aromatic amines is 1. The number of H-pyrrole nitrogens is 1. The first kappa shape index (κ1) is 21.8. The summed E-state index contributed by atoms with van der Waals surface area (Å²) in [7, 11) is 3.20. The molecule has 0 aliphatic carbocycles. The van der Waals surface area contributed by atoms with Gasteiger partial charge in [-0.1, -0.05) is 26.8 Å². The lowest BCUT2D eigenvalue weighted by Crippen LogP contribution is -2.22. The Hall–Kier alpha value is -3.86. The normalized spacial score (nSPS) is 11.9. The molecular formula is C23H24N6O2. The molecule has 0 saturated carbocycles. The maximum atomic E-state index is 12.7. The Labute approximate surface area is 180 Å². The first-order valence-electron chi connectivity index (χ1n) is 9.73. The van der Waals surface area contributed by atoms with E-state index < -0.39 is 5.41 Å². The third-order valence-electron chi connectivity index (χ3n) is 4.62. The maximum absolute atomic E-state index is 12.7. The van der Waals surface area contributed by atoms with Gasteiger partial charge in [-0.15, -0.1) is 0 Å². The number of Topliss-reactive ketones (excluding diaryl/α,β-unsaturated/α-hetero) is 1. The highest BCUT2D eigenvalue weighted by atomic mass is 16.2. The van der Waals surface area contributed by atoms with Crippen molar-refractivity contribution < 1.29 is 9.59 Å². The average Bonchev–Trinajstić information content (AvgIpc) is 3.14. The van der Waals surface area contributed by atoms with E-state index in [1.165, 1.54) is 11.0 Å². The second-order valence-electron chi connectivity index (χ2n) is 8.45. The first-order valence-corrected chi connectivity index (χ1v) is 9.73. The van der Waals surface area contributed by atoms with Crippen molar-refractivity contribution in [1.82, 2.24) is 24.8 Å². The summed E-state index contributed by atoms with van der Waals surface area (Å²) in [5, 5.41) is 0. The molecule has 0 saturated heterocycles. The van der Waals surface area contributed by atoms with Gasteiger partial charge in [0.1, 0.15) is 5.52 Å². The van der Waals surface area contributed by atoms with Crippen LogP contribution in [0.25, 0.3) is 22.1 Å². The lowest BCUT2D eigenvalue weighted by Gasteiger charge is -2.15. The monoisotopic (exact) mass is 416 g/mol. The van der Waals surface area contributed by atoms with Crippen LogP contribution in [0.3, 0.4) is 0 Å². The third kappa shape index (κ3) is 4.83. The Morgan fingerprint density at radius 3 is 2.52 bits per heavy atom. The molecule has 3 aromatic heterocycles. The molecule has 0 fully saturated rings. The van der Waals surface area contributed by atoms with Gasteiger partial charge in [-0.25, -0.2) is 14.8 Å². The van der Waals surface area contributed by atoms with Crippen molar-refractivity contribution in [1.29, 1.82) is 0 Å². The number of carbonyl (C=O) groups excluding carboxylic acids is 2. The quantitative estimate of drug-likeness (QED) is 0.390. The number of pyridine rings is 1. The second-order valence-corrected chi connectivity index (χ2v) is 8.45. The molecule has 0 spiro atoms. The van der Waals surface area contributed by atoms with Crippen LogP contribution in [0.15, 0.2) is 36.4 Å². The molecule has 0 radical (unpaired) electrons. The van der Waals surface area contributed by atoms with Crippen LogP contribution in [-0.4, -0.2) is 50.6 Å². The summed E-state index contributed by atoms with van der Waals surface area (Å²) in [5.41, 5.74) is 3.30. The van der Waals surface area contributed by atoms with E-state index in [1.807, 2.05) is 26.8 Å². The molecule has 3 heterocycles. The minimum atomic E-state index is -0.516. The van der Waals surface area contributed by atoms with Gasteiger partial charge in [-0.3, -0.25) is 14.6 Å². The van der Waals surface area contributed by atoms with Gasteiger partial charge in [-0.2, -0.15) is 0 Å². The van der Waals surface area contributed by atoms with Gasteiger partial charge in [0.05, 0.1) is 29.7 Å². The largest absolute Gasteiger partial charge is 0.354 e. The van der Waals surface area contributed by atoms with Gasteiger partial charge in [-0.05, 0) is 17.7 Å². The fraction of sp³-hybridized carbons (Fsp3) is 0.304. The number of amides is 1. The van der Waals surface area contributed by atoms with Crippen molar-refractivity contribution in [2.75, 3.05) is 14.1 Å². The number of nitrogens with one attached hydrogen (secondary N) is 1. The molecule has 3 aromatic rings. The molecule has 0 bridgehead atoms. The Morgan fingerprint density at radius 2 is 1.94 bits per heavy atom. The number of likely N-dealkylation sites (N-methyl/N-ethyl adjacent to an activating group) is 1. The number of rotatable bonds is 5. The summed E-state index contributed by atoms with van der Waals surface area (Å²) in [4.78, 5) is 45.7. The van der Waals surface area contributed by atoms with Gasteiger partial charge in [0.2, 0.25) is 0 Å². The molecule has 0 aliphatic rings. The Bertz CT molecular complexity index is 1210. The number of fused-ring (bicyclic) bond motifs is 1.